The molecule has 8 heteroatoms. The Balaban J connectivity index is 0.00000280. The van der Waals surface area contributed by atoms with Crippen LogP contribution in [0.3, 0.4) is 0 Å². The smallest absolute Gasteiger partial charge is 0.191 e. The Bertz CT molecular complexity index is 885. The zero-order valence-electron chi connectivity index (χ0n) is 15.7. The van der Waals surface area contributed by atoms with E-state index < -0.39 is 0 Å². The van der Waals surface area contributed by atoms with Gasteiger partial charge in [0, 0.05) is 36.4 Å². The van der Waals surface area contributed by atoms with Crippen LogP contribution in [0.15, 0.2) is 53.9 Å². The van der Waals surface area contributed by atoms with Gasteiger partial charge in [0.1, 0.15) is 18.2 Å². The molecule has 0 saturated heterocycles. The fourth-order valence-corrected chi connectivity index (χ4v) is 2.76. The molecule has 3 N–H and O–H groups in total. The highest BCUT2D eigenvalue weighted by Crippen LogP contribution is 2.19. The molecule has 0 saturated carbocycles. The average molecular weight is 497 g/mol. The van der Waals surface area contributed by atoms with Crippen LogP contribution >= 0.6 is 24.0 Å². The van der Waals surface area contributed by atoms with E-state index in [0.717, 1.165) is 41.1 Å². The molecule has 0 spiro atoms. The third-order valence-corrected chi connectivity index (χ3v) is 4.02. The van der Waals surface area contributed by atoms with Crippen molar-refractivity contribution in [1.82, 2.24) is 20.6 Å². The fraction of sp³-hybridized carbons (Fsp3) is 0.300. The van der Waals surface area contributed by atoms with Crippen LogP contribution < -0.4 is 15.4 Å². The number of nitrogens with one attached hydrogen (secondary N) is 3. The second-order valence-electron chi connectivity index (χ2n) is 5.98. The van der Waals surface area contributed by atoms with E-state index in [2.05, 4.69) is 25.6 Å². The second-order valence-corrected chi connectivity index (χ2v) is 5.98. The van der Waals surface area contributed by atoms with Crippen molar-refractivity contribution < 1.29 is 9.13 Å². The maximum Gasteiger partial charge on any atom is 0.191 e. The van der Waals surface area contributed by atoms with E-state index in [1.54, 1.807) is 24.5 Å². The lowest BCUT2D eigenvalue weighted by atomic mass is 10.1. The number of ether oxygens (including phenoxy) is 1. The van der Waals surface area contributed by atoms with Gasteiger partial charge in [0.05, 0.1) is 12.7 Å². The van der Waals surface area contributed by atoms with Crippen LogP contribution in [0.4, 0.5) is 4.39 Å². The highest BCUT2D eigenvalue weighted by Gasteiger charge is 2.05. The third kappa shape index (κ3) is 6.36. The number of H-pyrrole nitrogens is 1. The minimum absolute atomic E-state index is 0. The van der Waals surface area contributed by atoms with Crippen LogP contribution in [-0.2, 0) is 6.42 Å². The van der Waals surface area contributed by atoms with Crippen molar-refractivity contribution in [1.29, 1.82) is 0 Å². The summed E-state index contributed by atoms with van der Waals surface area (Å²) >= 11 is 0. The van der Waals surface area contributed by atoms with Crippen molar-refractivity contribution in [2.45, 2.75) is 13.3 Å². The first-order valence-corrected chi connectivity index (χ1v) is 9.07. The molecule has 2 aromatic heterocycles. The number of aromatic nitrogens is 2. The molecular formula is C20H25FIN5O. The number of nitrogens with zero attached hydrogens (tertiary/aromatic N) is 2. The summed E-state index contributed by atoms with van der Waals surface area (Å²) in [5.74, 6) is 1.25. The summed E-state index contributed by atoms with van der Waals surface area (Å²) < 4.78 is 19.1. The number of guanidine groups is 1. The van der Waals surface area contributed by atoms with Crippen molar-refractivity contribution in [3.8, 4) is 5.75 Å². The third-order valence-electron chi connectivity index (χ3n) is 4.02. The summed E-state index contributed by atoms with van der Waals surface area (Å²) in [7, 11) is 0. The van der Waals surface area contributed by atoms with Crippen LogP contribution in [-0.4, -0.2) is 42.2 Å². The number of fused-ring (bicyclic) bond motifs is 1. The minimum atomic E-state index is -0.226. The van der Waals surface area contributed by atoms with Crippen LogP contribution in [0.1, 0.15) is 12.5 Å². The number of hydrogen-bond acceptors (Lipinski definition) is 3. The molecule has 0 radical (unpaired) electrons. The number of aromatic amines is 1. The van der Waals surface area contributed by atoms with Crippen LogP contribution in [0.25, 0.3) is 10.9 Å². The van der Waals surface area contributed by atoms with Crippen LogP contribution in [0, 0.1) is 5.82 Å². The first kappa shape index (κ1) is 21.9. The maximum atomic E-state index is 13.5. The molecule has 1 aromatic carbocycles. The molecule has 2 heterocycles. The Hall–Kier alpha value is -2.36. The van der Waals surface area contributed by atoms with Crippen molar-refractivity contribution in [2.75, 3.05) is 26.2 Å². The monoisotopic (exact) mass is 497 g/mol. The molecular weight excluding hydrogens is 472 g/mol. The van der Waals surface area contributed by atoms with Gasteiger partial charge in [0.15, 0.2) is 5.96 Å². The molecule has 0 fully saturated rings. The molecule has 0 aliphatic rings. The molecule has 3 aromatic rings. The van der Waals surface area contributed by atoms with Crippen molar-refractivity contribution >= 4 is 40.8 Å². The summed E-state index contributed by atoms with van der Waals surface area (Å²) in [5.41, 5.74) is 2.00. The van der Waals surface area contributed by atoms with Gasteiger partial charge in [-0.1, -0.05) is 0 Å². The van der Waals surface area contributed by atoms with E-state index in [1.807, 2.05) is 25.3 Å². The highest BCUT2D eigenvalue weighted by atomic mass is 127. The number of pyridine rings is 1. The van der Waals surface area contributed by atoms with Gasteiger partial charge in [-0.2, -0.15) is 0 Å². The first-order valence-electron chi connectivity index (χ1n) is 9.07. The Kier molecular flexibility index (Phi) is 8.99. The van der Waals surface area contributed by atoms with E-state index in [4.69, 9.17) is 4.74 Å². The molecule has 0 bridgehead atoms. The Morgan fingerprint density at radius 2 is 2.18 bits per heavy atom. The highest BCUT2D eigenvalue weighted by molar-refractivity contribution is 14.0. The average Bonchev–Trinajstić information content (AvgIpc) is 3.08. The summed E-state index contributed by atoms with van der Waals surface area (Å²) in [6.07, 6.45) is 6.04. The number of rotatable bonds is 8. The van der Waals surface area contributed by atoms with Gasteiger partial charge in [-0.3, -0.25) is 9.98 Å². The van der Waals surface area contributed by atoms with Crippen molar-refractivity contribution in [3.63, 3.8) is 0 Å². The first-order chi connectivity index (χ1) is 13.3. The Morgan fingerprint density at radius 3 is 2.96 bits per heavy atom. The number of hydrogen-bond donors (Lipinski definition) is 3. The normalized spacial score (nSPS) is 11.1. The SMILES string of the molecule is CCNC(=NCCc1c[nH]c2ccc(F)cc12)NCCOc1cccnc1.I. The minimum Gasteiger partial charge on any atom is -0.490 e. The van der Waals surface area contributed by atoms with E-state index in [9.17, 15) is 4.39 Å². The van der Waals surface area contributed by atoms with Gasteiger partial charge in [-0.05, 0) is 49.2 Å². The van der Waals surface area contributed by atoms with Crippen molar-refractivity contribution in [3.05, 3.63) is 60.3 Å². The van der Waals surface area contributed by atoms with Gasteiger partial charge in [0.2, 0.25) is 0 Å². The van der Waals surface area contributed by atoms with Gasteiger partial charge >= 0.3 is 0 Å². The van der Waals surface area contributed by atoms with Gasteiger partial charge in [-0.25, -0.2) is 4.39 Å². The van der Waals surface area contributed by atoms with E-state index in [1.165, 1.54) is 6.07 Å². The number of benzene rings is 1. The van der Waals surface area contributed by atoms with Crippen LogP contribution in [0.2, 0.25) is 0 Å². The van der Waals surface area contributed by atoms with Gasteiger partial charge < -0.3 is 20.4 Å². The molecule has 28 heavy (non-hydrogen) atoms. The molecule has 0 atom stereocenters. The van der Waals surface area contributed by atoms with E-state index in [0.29, 0.717) is 19.7 Å². The lowest BCUT2D eigenvalue weighted by Gasteiger charge is -2.12. The standard InChI is InChI=1S/C20H24FN5O.HI/c1-2-23-20(25-10-11-27-17-4-3-8-22-14-17)24-9-7-15-13-26-19-6-5-16(21)12-18(15)19;/h3-6,8,12-14,26H,2,7,9-11H2,1H3,(H2,23,24,25);1H. The van der Waals surface area contributed by atoms with Gasteiger partial charge in [0.25, 0.3) is 0 Å². The number of halogens is 2. The Labute approximate surface area is 181 Å². The molecule has 3 rings (SSSR count). The van der Waals surface area contributed by atoms with Crippen molar-refractivity contribution in [2.24, 2.45) is 4.99 Å². The summed E-state index contributed by atoms with van der Waals surface area (Å²) in [6, 6.07) is 8.48. The quantitative estimate of drug-likeness (QED) is 0.193. The molecule has 6 nitrogen and oxygen atoms in total. The Morgan fingerprint density at radius 1 is 1.29 bits per heavy atom. The van der Waals surface area contributed by atoms with E-state index >= 15 is 0 Å². The zero-order valence-corrected chi connectivity index (χ0v) is 18.1. The molecule has 0 aliphatic heterocycles. The predicted molar refractivity (Wildman–Crippen MR) is 121 cm³/mol. The summed E-state index contributed by atoms with van der Waals surface area (Å²) in [5, 5.41) is 7.36. The topological polar surface area (TPSA) is 74.3 Å². The molecule has 150 valence electrons. The summed E-state index contributed by atoms with van der Waals surface area (Å²) in [4.78, 5) is 11.8. The fourth-order valence-electron chi connectivity index (χ4n) is 2.76. The molecule has 0 amide bonds. The molecule has 0 aliphatic carbocycles. The number of aliphatic imine (C=N–C) groups is 1. The lowest BCUT2D eigenvalue weighted by Crippen LogP contribution is -2.39. The zero-order chi connectivity index (χ0) is 18.9. The maximum absolute atomic E-state index is 13.5. The predicted octanol–water partition coefficient (Wildman–Crippen LogP) is 3.50. The van der Waals surface area contributed by atoms with Crippen LogP contribution in [0.5, 0.6) is 5.75 Å². The van der Waals surface area contributed by atoms with Gasteiger partial charge in [-0.15, -0.1) is 24.0 Å². The lowest BCUT2D eigenvalue weighted by molar-refractivity contribution is 0.320. The second kappa shape index (κ2) is 11.5. The molecule has 0 unspecified atom stereocenters. The largest absolute Gasteiger partial charge is 0.490 e. The summed E-state index contributed by atoms with van der Waals surface area (Å²) in [6.45, 7) is 4.53. The van der Waals surface area contributed by atoms with E-state index in [-0.39, 0.29) is 29.8 Å².